The second-order valence-corrected chi connectivity index (χ2v) is 7.47. The van der Waals surface area contributed by atoms with Crippen LogP contribution in [0.25, 0.3) is 0 Å². The number of fused-ring (bicyclic) bond motifs is 1. The van der Waals surface area contributed by atoms with Gasteiger partial charge in [0.05, 0.1) is 10.7 Å². The van der Waals surface area contributed by atoms with Crippen LogP contribution in [0.1, 0.15) is 12.5 Å². The number of carbonyl (C=O) groups is 1. The maximum absolute atomic E-state index is 12.6. The molecule has 0 atom stereocenters. The summed E-state index contributed by atoms with van der Waals surface area (Å²) in [6.07, 6.45) is 0.551. The maximum atomic E-state index is 12.6. The molecule has 1 heterocycles. The van der Waals surface area contributed by atoms with Gasteiger partial charge in [-0.3, -0.25) is 9.52 Å². The lowest BCUT2D eigenvalue weighted by Crippen LogP contribution is -2.25. The molecule has 2 aromatic rings. The molecule has 0 spiro atoms. The number of anilines is 2. The molecule has 2 aromatic carbocycles. The fraction of sp³-hybridized carbons (Fsp3) is 0.188. The number of carbonyl (C=O) groups excluding carboxylic acids is 1. The van der Waals surface area contributed by atoms with E-state index in [1.54, 1.807) is 23.1 Å². The highest BCUT2D eigenvalue weighted by atomic mass is 35.5. The molecule has 0 radical (unpaired) electrons. The Kier molecular flexibility index (Phi) is 4.15. The highest BCUT2D eigenvalue weighted by Crippen LogP contribution is 2.36. The third kappa shape index (κ3) is 2.81. The number of rotatable bonds is 3. The van der Waals surface area contributed by atoms with Crippen LogP contribution in [0.2, 0.25) is 5.02 Å². The Hall–Kier alpha value is -2.25. The van der Waals surface area contributed by atoms with Gasteiger partial charge >= 0.3 is 0 Å². The van der Waals surface area contributed by atoms with Crippen molar-refractivity contribution in [1.82, 2.24) is 0 Å². The average molecular weight is 367 g/mol. The van der Waals surface area contributed by atoms with Crippen molar-refractivity contribution in [3.8, 4) is 5.75 Å². The number of hydrogen-bond donors (Lipinski definition) is 2. The highest BCUT2D eigenvalue weighted by Gasteiger charge is 2.27. The van der Waals surface area contributed by atoms with Gasteiger partial charge in [-0.2, -0.15) is 0 Å². The number of amides is 1. The zero-order chi connectivity index (χ0) is 17.5. The topological polar surface area (TPSA) is 86.7 Å². The molecular weight excluding hydrogens is 352 g/mol. The zero-order valence-corrected chi connectivity index (χ0v) is 14.4. The maximum Gasteiger partial charge on any atom is 0.265 e. The van der Waals surface area contributed by atoms with Gasteiger partial charge in [0.15, 0.2) is 5.75 Å². The van der Waals surface area contributed by atoms with E-state index in [4.69, 9.17) is 11.6 Å². The van der Waals surface area contributed by atoms with Crippen molar-refractivity contribution < 1.29 is 18.3 Å². The first-order chi connectivity index (χ1) is 11.3. The number of halogens is 1. The van der Waals surface area contributed by atoms with Gasteiger partial charge in [-0.25, -0.2) is 8.42 Å². The van der Waals surface area contributed by atoms with Gasteiger partial charge < -0.3 is 10.0 Å². The van der Waals surface area contributed by atoms with Gasteiger partial charge in [0.2, 0.25) is 5.91 Å². The summed E-state index contributed by atoms with van der Waals surface area (Å²) in [6.45, 7) is 1.97. The Morgan fingerprint density at radius 2 is 1.96 bits per heavy atom. The van der Waals surface area contributed by atoms with Crippen LogP contribution in [0, 0.1) is 0 Å². The summed E-state index contributed by atoms with van der Waals surface area (Å²) >= 11 is 5.78. The summed E-state index contributed by atoms with van der Waals surface area (Å²) in [5, 5.41) is 9.87. The molecule has 0 fully saturated rings. The fourth-order valence-corrected chi connectivity index (χ4v) is 4.21. The van der Waals surface area contributed by atoms with Crippen LogP contribution in [0.15, 0.2) is 41.3 Å². The SMILES string of the molecule is CC(=O)N1CCc2c(NS(=O)(=O)c3cccc(Cl)c3O)cccc21. The van der Waals surface area contributed by atoms with E-state index >= 15 is 0 Å². The van der Waals surface area contributed by atoms with Crippen LogP contribution in [-0.4, -0.2) is 26.0 Å². The third-order valence-corrected chi connectivity index (χ3v) is 5.59. The van der Waals surface area contributed by atoms with E-state index in [-0.39, 0.29) is 15.8 Å². The minimum atomic E-state index is -4.01. The van der Waals surface area contributed by atoms with Gasteiger partial charge in [0, 0.05) is 24.7 Å². The zero-order valence-electron chi connectivity index (χ0n) is 12.8. The Morgan fingerprint density at radius 3 is 2.67 bits per heavy atom. The van der Waals surface area contributed by atoms with Gasteiger partial charge in [0.25, 0.3) is 10.0 Å². The highest BCUT2D eigenvalue weighted by molar-refractivity contribution is 7.92. The van der Waals surface area contributed by atoms with Gasteiger partial charge in [-0.15, -0.1) is 0 Å². The van der Waals surface area contributed by atoms with E-state index < -0.39 is 15.8 Å². The van der Waals surface area contributed by atoms with Crippen LogP contribution in [0.3, 0.4) is 0 Å². The first-order valence-electron chi connectivity index (χ1n) is 7.21. The molecule has 0 unspecified atom stereocenters. The first-order valence-corrected chi connectivity index (χ1v) is 9.07. The number of aromatic hydroxyl groups is 1. The Morgan fingerprint density at radius 1 is 1.25 bits per heavy atom. The Labute approximate surface area is 144 Å². The van der Waals surface area contributed by atoms with Gasteiger partial charge in [0.1, 0.15) is 4.90 Å². The standard InChI is InChI=1S/C16H15ClN2O4S/c1-10(20)19-9-8-11-13(5-3-6-14(11)19)18-24(22,23)15-7-2-4-12(17)16(15)21/h2-7,18,21H,8-9H2,1H3. The smallest absolute Gasteiger partial charge is 0.265 e. The number of phenols is 1. The van der Waals surface area contributed by atoms with E-state index in [1.165, 1.54) is 25.1 Å². The summed E-state index contributed by atoms with van der Waals surface area (Å²) in [5.41, 5.74) is 1.83. The van der Waals surface area contributed by atoms with Crippen LogP contribution >= 0.6 is 11.6 Å². The quantitative estimate of drug-likeness (QED) is 0.874. The molecule has 1 aliphatic heterocycles. The van der Waals surface area contributed by atoms with Crippen molar-refractivity contribution in [3.05, 3.63) is 47.0 Å². The number of para-hydroxylation sites is 1. The van der Waals surface area contributed by atoms with E-state index in [2.05, 4.69) is 4.72 Å². The molecule has 0 aliphatic carbocycles. The van der Waals surface area contributed by atoms with Crippen molar-refractivity contribution in [2.45, 2.75) is 18.2 Å². The first kappa shape index (κ1) is 16.6. The monoisotopic (exact) mass is 366 g/mol. The number of nitrogens with one attached hydrogen (secondary N) is 1. The summed E-state index contributed by atoms with van der Waals surface area (Å²) < 4.78 is 27.6. The summed E-state index contributed by atoms with van der Waals surface area (Å²) in [5.74, 6) is -0.592. The minimum Gasteiger partial charge on any atom is -0.505 e. The molecule has 0 bridgehead atoms. The molecular formula is C16H15ClN2O4S. The van der Waals surface area contributed by atoms with Crippen molar-refractivity contribution >= 4 is 38.9 Å². The molecule has 6 nitrogen and oxygen atoms in total. The van der Waals surface area contributed by atoms with Crippen molar-refractivity contribution in [1.29, 1.82) is 0 Å². The molecule has 2 N–H and O–H groups in total. The Balaban J connectivity index is 2.01. The number of benzene rings is 2. The molecule has 126 valence electrons. The van der Waals surface area contributed by atoms with Crippen molar-refractivity contribution in [3.63, 3.8) is 0 Å². The number of phenolic OH excluding ortho intramolecular Hbond substituents is 1. The fourth-order valence-electron chi connectivity index (χ4n) is 2.77. The van der Waals surface area contributed by atoms with Crippen molar-refractivity contribution in [2.24, 2.45) is 0 Å². The molecule has 1 aliphatic rings. The van der Waals surface area contributed by atoms with Crippen LogP contribution in [0.5, 0.6) is 5.75 Å². The van der Waals surface area contributed by atoms with Crippen molar-refractivity contribution in [2.75, 3.05) is 16.2 Å². The summed E-state index contributed by atoms with van der Waals surface area (Å²) in [6, 6.07) is 9.20. The predicted octanol–water partition coefficient (Wildman–Crippen LogP) is 2.76. The second kappa shape index (κ2) is 5.99. The van der Waals surface area contributed by atoms with Gasteiger partial charge in [-0.05, 0) is 30.7 Å². The van der Waals surface area contributed by atoms with E-state index in [9.17, 15) is 18.3 Å². The summed E-state index contributed by atoms with van der Waals surface area (Å²) in [4.78, 5) is 13.0. The van der Waals surface area contributed by atoms with Gasteiger partial charge in [-0.1, -0.05) is 23.7 Å². The number of sulfonamides is 1. The van der Waals surface area contributed by atoms with E-state index in [1.807, 2.05) is 0 Å². The summed E-state index contributed by atoms with van der Waals surface area (Å²) in [7, 11) is -4.01. The lowest BCUT2D eigenvalue weighted by molar-refractivity contribution is -0.116. The number of hydrogen-bond acceptors (Lipinski definition) is 4. The molecule has 0 saturated heterocycles. The Bertz CT molecular complexity index is 928. The number of nitrogens with zero attached hydrogens (tertiary/aromatic N) is 1. The van der Waals surface area contributed by atoms with E-state index in [0.29, 0.717) is 24.3 Å². The second-order valence-electron chi connectivity index (χ2n) is 5.42. The lowest BCUT2D eigenvalue weighted by Gasteiger charge is -2.16. The molecule has 8 heteroatoms. The lowest BCUT2D eigenvalue weighted by atomic mass is 10.1. The predicted molar refractivity (Wildman–Crippen MR) is 92.1 cm³/mol. The molecule has 3 rings (SSSR count). The van der Waals surface area contributed by atoms with Crippen LogP contribution in [-0.2, 0) is 21.2 Å². The van der Waals surface area contributed by atoms with Crippen LogP contribution < -0.4 is 9.62 Å². The molecule has 24 heavy (non-hydrogen) atoms. The molecule has 0 aromatic heterocycles. The van der Waals surface area contributed by atoms with Crippen LogP contribution in [0.4, 0.5) is 11.4 Å². The minimum absolute atomic E-state index is 0.0427. The third-order valence-electron chi connectivity index (χ3n) is 3.89. The normalized spacial score (nSPS) is 13.7. The average Bonchev–Trinajstić information content (AvgIpc) is 2.95. The molecule has 1 amide bonds. The van der Waals surface area contributed by atoms with E-state index in [0.717, 1.165) is 5.56 Å². The molecule has 0 saturated carbocycles. The largest absolute Gasteiger partial charge is 0.505 e.